The molecule has 2 aromatic rings. The zero-order chi connectivity index (χ0) is 28.2. The van der Waals surface area contributed by atoms with Crippen LogP contribution in [0.25, 0.3) is 0 Å². The fourth-order valence-electron chi connectivity index (χ4n) is 7.11. The third kappa shape index (κ3) is 6.06. The monoisotopic (exact) mass is 554 g/mol. The summed E-state index contributed by atoms with van der Waals surface area (Å²) < 4.78 is 6.10. The molecule has 8 nitrogen and oxygen atoms in total. The van der Waals surface area contributed by atoms with E-state index in [0.29, 0.717) is 12.7 Å². The summed E-state index contributed by atoms with van der Waals surface area (Å²) >= 11 is 0. The van der Waals surface area contributed by atoms with Crippen molar-refractivity contribution in [2.45, 2.75) is 56.0 Å². The lowest BCUT2D eigenvalue weighted by Gasteiger charge is -2.42. The predicted octanol–water partition coefficient (Wildman–Crippen LogP) is 2.80. The molecule has 5 N–H and O–H groups in total. The van der Waals surface area contributed by atoms with Crippen molar-refractivity contribution in [1.82, 2.24) is 25.8 Å². The van der Waals surface area contributed by atoms with Crippen LogP contribution in [0.1, 0.15) is 37.2 Å². The summed E-state index contributed by atoms with van der Waals surface area (Å²) in [6, 6.07) is 18.8. The number of benzene rings is 2. The summed E-state index contributed by atoms with van der Waals surface area (Å²) in [7, 11) is 0. The molecule has 0 bridgehead atoms. The molecule has 4 heterocycles. The van der Waals surface area contributed by atoms with E-state index in [-0.39, 0.29) is 42.0 Å². The van der Waals surface area contributed by atoms with Crippen LogP contribution in [-0.2, 0) is 4.79 Å². The predicted molar refractivity (Wildman–Crippen MR) is 161 cm³/mol. The lowest BCUT2D eigenvalue weighted by Crippen LogP contribution is -2.65. The molecule has 41 heavy (non-hydrogen) atoms. The van der Waals surface area contributed by atoms with Gasteiger partial charge < -0.3 is 20.7 Å². The molecule has 6 unspecified atom stereocenters. The Balaban J connectivity index is 1.30. The van der Waals surface area contributed by atoms with Gasteiger partial charge in [-0.1, -0.05) is 48.8 Å². The number of nitrogens with zero attached hydrogens (tertiary/aromatic N) is 2. The highest BCUT2D eigenvalue weighted by molar-refractivity contribution is 5.87. The molecule has 1 amide bonds. The second kappa shape index (κ2) is 12.8. The molecule has 4 aliphatic rings. The minimum atomic E-state index is -0.134. The van der Waals surface area contributed by atoms with Crippen molar-refractivity contribution in [2.24, 2.45) is 17.6 Å². The number of hydrogen-bond donors (Lipinski definition) is 4. The molecule has 0 aromatic heterocycles. The van der Waals surface area contributed by atoms with Crippen LogP contribution in [0.4, 0.5) is 0 Å². The average molecular weight is 555 g/mol. The molecule has 4 fully saturated rings. The van der Waals surface area contributed by atoms with Crippen LogP contribution in [0.2, 0.25) is 0 Å². The van der Waals surface area contributed by atoms with Gasteiger partial charge in [0.05, 0.1) is 18.4 Å². The number of amides is 1. The summed E-state index contributed by atoms with van der Waals surface area (Å²) in [5.41, 5.74) is 8.05. The summed E-state index contributed by atoms with van der Waals surface area (Å²) in [6.45, 7) is 7.83. The van der Waals surface area contributed by atoms with E-state index < -0.39 is 0 Å². The van der Waals surface area contributed by atoms with Crippen LogP contribution in [-0.4, -0.2) is 73.0 Å². The number of rotatable bonds is 5. The van der Waals surface area contributed by atoms with Crippen molar-refractivity contribution in [3.63, 3.8) is 0 Å². The summed E-state index contributed by atoms with van der Waals surface area (Å²) in [6.07, 6.45) is 5.53. The Morgan fingerprint density at radius 1 is 1.00 bits per heavy atom. The second-order valence-electron chi connectivity index (χ2n) is 11.6. The Hall–Kier alpha value is -3.19. The minimum Gasteiger partial charge on any atom is -0.457 e. The average Bonchev–Trinajstić information content (AvgIpc) is 3.36. The number of carbonyl (C=O) groups is 1. The van der Waals surface area contributed by atoms with Crippen LogP contribution in [0.5, 0.6) is 11.5 Å². The molecule has 0 radical (unpaired) electrons. The van der Waals surface area contributed by atoms with Gasteiger partial charge >= 0.3 is 0 Å². The summed E-state index contributed by atoms with van der Waals surface area (Å²) in [5.74, 6) is 9.73. The Labute approximate surface area is 243 Å². The van der Waals surface area contributed by atoms with Crippen LogP contribution in [0.15, 0.2) is 67.3 Å². The van der Waals surface area contributed by atoms with E-state index >= 15 is 0 Å². The number of nitrogens with one attached hydrogen (secondary N) is 3. The largest absolute Gasteiger partial charge is 0.457 e. The van der Waals surface area contributed by atoms with E-state index in [0.717, 1.165) is 63.4 Å². The summed E-state index contributed by atoms with van der Waals surface area (Å²) in [4.78, 5) is 16.6. The highest BCUT2D eigenvalue weighted by Gasteiger charge is 2.54. The van der Waals surface area contributed by atoms with Gasteiger partial charge in [0.25, 0.3) is 0 Å². The first-order valence-corrected chi connectivity index (χ1v) is 15.1. The smallest absolute Gasteiger partial charge is 0.245 e. The van der Waals surface area contributed by atoms with Crippen molar-refractivity contribution in [3.8, 4) is 23.3 Å². The molecule has 2 aromatic carbocycles. The van der Waals surface area contributed by atoms with Gasteiger partial charge in [0.15, 0.2) is 0 Å². The molecule has 4 saturated heterocycles. The highest BCUT2D eigenvalue weighted by Crippen LogP contribution is 2.45. The molecule has 0 saturated carbocycles. The third-order valence-electron chi connectivity index (χ3n) is 9.18. The van der Waals surface area contributed by atoms with Gasteiger partial charge in [0, 0.05) is 50.1 Å². The fourth-order valence-corrected chi connectivity index (χ4v) is 7.11. The number of fused-ring (bicyclic) bond motifs is 1. The van der Waals surface area contributed by atoms with Crippen LogP contribution in [0.3, 0.4) is 0 Å². The van der Waals surface area contributed by atoms with Gasteiger partial charge in [0.1, 0.15) is 11.5 Å². The number of ether oxygens (including phenoxy) is 1. The van der Waals surface area contributed by atoms with Crippen LogP contribution >= 0.6 is 0 Å². The number of nitrogens with two attached hydrogens (primary N) is 1. The standard InChI is InChI=1S/C33H42N6O2/c1-2-29(40)38-19-16-23(17-20-38)10-15-28-30(24-11-13-27(14-12-24)41-26-8-4-3-5-9-26)31-32(34)36-22-37-33(31)39(28)25-7-6-18-35-21-25/h2-5,8-9,11-14,23,25,28,30-33,35-37H,1,6-7,16-22,34H2. The minimum absolute atomic E-state index is 0.0135. The maximum Gasteiger partial charge on any atom is 0.245 e. The SMILES string of the molecule is C=CC(=O)N1CCC(C#CC2C(c3ccc(Oc4ccccc4)cc3)C3C(N)NCNC3N2C2CCCNC2)CC1. The van der Waals surface area contributed by atoms with Gasteiger partial charge in [-0.05, 0) is 68.1 Å². The fraction of sp³-hybridized carbons (Fsp3) is 0.485. The van der Waals surface area contributed by atoms with Gasteiger partial charge in [-0.3, -0.25) is 20.3 Å². The lowest BCUT2D eigenvalue weighted by atomic mass is 9.80. The first-order chi connectivity index (χ1) is 20.1. The second-order valence-corrected chi connectivity index (χ2v) is 11.6. The van der Waals surface area contributed by atoms with Crippen LogP contribution in [0, 0.1) is 23.7 Å². The van der Waals surface area contributed by atoms with Crippen molar-refractivity contribution < 1.29 is 9.53 Å². The molecule has 4 aliphatic heterocycles. The van der Waals surface area contributed by atoms with Gasteiger partial charge in [0.2, 0.25) is 5.91 Å². The molecule has 216 valence electrons. The maximum absolute atomic E-state index is 12.1. The number of likely N-dealkylation sites (tertiary alicyclic amines) is 2. The highest BCUT2D eigenvalue weighted by atomic mass is 16.5. The van der Waals surface area contributed by atoms with Gasteiger partial charge in [-0.25, -0.2) is 0 Å². The Bertz CT molecular complexity index is 1240. The van der Waals surface area contributed by atoms with Crippen molar-refractivity contribution in [3.05, 3.63) is 72.8 Å². The van der Waals surface area contributed by atoms with Gasteiger partial charge in [-0.2, -0.15) is 0 Å². The Kier molecular flexibility index (Phi) is 8.70. The number of para-hydroxylation sites is 1. The van der Waals surface area contributed by atoms with E-state index in [2.05, 4.69) is 63.5 Å². The quantitative estimate of drug-likeness (QED) is 0.334. The lowest BCUT2D eigenvalue weighted by molar-refractivity contribution is -0.127. The van der Waals surface area contributed by atoms with E-state index in [4.69, 9.17) is 10.5 Å². The molecule has 6 atom stereocenters. The number of carbonyl (C=O) groups excluding carboxylic acids is 1. The van der Waals surface area contributed by atoms with Crippen molar-refractivity contribution in [2.75, 3.05) is 32.8 Å². The molecular formula is C33H42N6O2. The van der Waals surface area contributed by atoms with E-state index in [1.165, 1.54) is 11.6 Å². The molecule has 0 aliphatic carbocycles. The van der Waals surface area contributed by atoms with E-state index in [9.17, 15) is 4.79 Å². The van der Waals surface area contributed by atoms with Crippen LogP contribution < -0.4 is 26.4 Å². The normalized spacial score (nSPS) is 30.6. The first kappa shape index (κ1) is 28.0. The summed E-state index contributed by atoms with van der Waals surface area (Å²) in [5, 5.41) is 10.9. The Morgan fingerprint density at radius 3 is 2.46 bits per heavy atom. The van der Waals surface area contributed by atoms with Gasteiger partial charge in [-0.15, -0.1) is 0 Å². The molecule has 0 spiro atoms. The number of hydrogen-bond acceptors (Lipinski definition) is 7. The molecule has 8 heteroatoms. The third-order valence-corrected chi connectivity index (χ3v) is 9.18. The van der Waals surface area contributed by atoms with Crippen molar-refractivity contribution >= 4 is 5.91 Å². The van der Waals surface area contributed by atoms with E-state index in [1.807, 2.05) is 35.2 Å². The van der Waals surface area contributed by atoms with E-state index in [1.54, 1.807) is 0 Å². The number of piperidine rings is 2. The maximum atomic E-state index is 12.1. The molecular weight excluding hydrogens is 512 g/mol. The molecule has 6 rings (SSSR count). The zero-order valence-corrected chi connectivity index (χ0v) is 23.7. The zero-order valence-electron chi connectivity index (χ0n) is 23.7. The topological polar surface area (TPSA) is 94.9 Å². The Morgan fingerprint density at radius 2 is 1.76 bits per heavy atom. The van der Waals surface area contributed by atoms with Crippen molar-refractivity contribution in [1.29, 1.82) is 0 Å². The first-order valence-electron chi connectivity index (χ1n) is 15.1.